The van der Waals surface area contributed by atoms with E-state index >= 15 is 0 Å². The molecule has 0 aromatic carbocycles. The van der Waals surface area contributed by atoms with Crippen LogP contribution in [0.2, 0.25) is 0 Å². The Morgan fingerprint density at radius 1 is 1.45 bits per heavy atom. The van der Waals surface area contributed by atoms with Crippen LogP contribution in [0.15, 0.2) is 23.5 Å². The number of ether oxygens (including phenoxy) is 2. The van der Waals surface area contributed by atoms with Gasteiger partial charge in [0.25, 0.3) is 0 Å². The summed E-state index contributed by atoms with van der Waals surface area (Å²) in [7, 11) is 0. The van der Waals surface area contributed by atoms with E-state index in [1.165, 1.54) is 11.3 Å². The Morgan fingerprint density at radius 2 is 2.20 bits per heavy atom. The molecule has 2 nitrogen and oxygen atoms in total. The summed E-state index contributed by atoms with van der Waals surface area (Å²) in [5.41, 5.74) is 1.45. The quantitative estimate of drug-likeness (QED) is 0.468. The Morgan fingerprint density at radius 3 is 2.85 bits per heavy atom. The highest BCUT2D eigenvalue weighted by atomic mass is 16.5. The van der Waals surface area contributed by atoms with Gasteiger partial charge in [0.1, 0.15) is 0 Å². The Kier molecular flexibility index (Phi) is 7.36. The third kappa shape index (κ3) is 8.42. The monoisotopic (exact) mass is 280 g/mol. The summed E-state index contributed by atoms with van der Waals surface area (Å²) in [6.45, 7) is 12.5. The van der Waals surface area contributed by atoms with Crippen LogP contribution < -0.4 is 0 Å². The number of hydrogen-bond acceptors (Lipinski definition) is 2. The Hall–Kier alpha value is -0.760. The molecule has 0 fully saturated rings. The Bertz CT molecular complexity index is 334. The van der Waals surface area contributed by atoms with Crippen molar-refractivity contribution in [2.45, 2.75) is 72.3 Å². The summed E-state index contributed by atoms with van der Waals surface area (Å²) in [6, 6.07) is 0. The van der Waals surface area contributed by atoms with Crippen LogP contribution in [-0.4, -0.2) is 18.8 Å². The minimum atomic E-state index is -0.0148. The predicted molar refractivity (Wildman–Crippen MR) is 85.7 cm³/mol. The number of rotatable bonds is 7. The van der Waals surface area contributed by atoms with Gasteiger partial charge in [0.05, 0.1) is 18.0 Å². The molecule has 0 bridgehead atoms. The first-order valence-electron chi connectivity index (χ1n) is 8.00. The molecule has 0 saturated carbocycles. The van der Waals surface area contributed by atoms with E-state index in [0.717, 1.165) is 45.3 Å². The van der Waals surface area contributed by atoms with E-state index in [1.807, 2.05) is 0 Å². The molecule has 20 heavy (non-hydrogen) atoms. The van der Waals surface area contributed by atoms with Gasteiger partial charge >= 0.3 is 0 Å². The minimum Gasteiger partial charge on any atom is -0.498 e. The fourth-order valence-electron chi connectivity index (χ4n) is 2.27. The zero-order chi connectivity index (χ0) is 15.0. The Balaban J connectivity index is 2.15. The molecule has 0 aromatic rings. The summed E-state index contributed by atoms with van der Waals surface area (Å²) in [4.78, 5) is 0. The molecule has 1 unspecified atom stereocenters. The SMILES string of the molecule is C/C(=C\CCC1=CC(C)CCO1)CCCOC(C)(C)C. The largest absolute Gasteiger partial charge is 0.498 e. The molecule has 1 rings (SSSR count). The van der Waals surface area contributed by atoms with Gasteiger partial charge in [-0.25, -0.2) is 0 Å². The molecule has 1 atom stereocenters. The van der Waals surface area contributed by atoms with E-state index in [4.69, 9.17) is 9.47 Å². The summed E-state index contributed by atoms with van der Waals surface area (Å²) in [6.07, 6.45) is 10.2. The van der Waals surface area contributed by atoms with Crippen LogP contribution in [0.3, 0.4) is 0 Å². The van der Waals surface area contributed by atoms with E-state index in [0.29, 0.717) is 5.92 Å². The van der Waals surface area contributed by atoms with Gasteiger partial charge < -0.3 is 9.47 Å². The molecular weight excluding hydrogens is 248 g/mol. The minimum absolute atomic E-state index is 0.0148. The van der Waals surface area contributed by atoms with E-state index in [-0.39, 0.29) is 5.60 Å². The summed E-state index contributed by atoms with van der Waals surface area (Å²) >= 11 is 0. The van der Waals surface area contributed by atoms with Crippen molar-refractivity contribution < 1.29 is 9.47 Å². The van der Waals surface area contributed by atoms with Crippen molar-refractivity contribution in [3.05, 3.63) is 23.5 Å². The molecule has 1 heterocycles. The highest BCUT2D eigenvalue weighted by molar-refractivity contribution is 5.03. The zero-order valence-electron chi connectivity index (χ0n) is 14.0. The molecule has 1 aliphatic rings. The number of hydrogen-bond donors (Lipinski definition) is 0. The van der Waals surface area contributed by atoms with Gasteiger partial charge in [-0.05, 0) is 65.4 Å². The van der Waals surface area contributed by atoms with Gasteiger partial charge in [0.2, 0.25) is 0 Å². The van der Waals surface area contributed by atoms with Crippen LogP contribution in [0.4, 0.5) is 0 Å². The molecule has 0 radical (unpaired) electrons. The van der Waals surface area contributed by atoms with Gasteiger partial charge in [-0.3, -0.25) is 0 Å². The van der Waals surface area contributed by atoms with Crippen LogP contribution in [0, 0.1) is 5.92 Å². The van der Waals surface area contributed by atoms with Gasteiger partial charge in [-0.2, -0.15) is 0 Å². The molecule has 0 amide bonds. The van der Waals surface area contributed by atoms with Crippen molar-refractivity contribution in [1.82, 2.24) is 0 Å². The zero-order valence-corrected chi connectivity index (χ0v) is 14.0. The van der Waals surface area contributed by atoms with Crippen LogP contribution in [0.1, 0.15) is 66.7 Å². The molecule has 2 heteroatoms. The smallest absolute Gasteiger partial charge is 0.0925 e. The molecular formula is C18H32O2. The lowest BCUT2D eigenvalue weighted by atomic mass is 10.0. The maximum Gasteiger partial charge on any atom is 0.0925 e. The van der Waals surface area contributed by atoms with Crippen LogP contribution in [0.25, 0.3) is 0 Å². The van der Waals surface area contributed by atoms with E-state index < -0.39 is 0 Å². The van der Waals surface area contributed by atoms with Crippen LogP contribution >= 0.6 is 0 Å². The van der Waals surface area contributed by atoms with Crippen molar-refractivity contribution in [2.75, 3.05) is 13.2 Å². The second kappa shape index (κ2) is 8.51. The average Bonchev–Trinajstić information content (AvgIpc) is 2.34. The van der Waals surface area contributed by atoms with Crippen LogP contribution in [0.5, 0.6) is 0 Å². The maximum atomic E-state index is 5.73. The molecule has 1 aliphatic heterocycles. The van der Waals surface area contributed by atoms with Gasteiger partial charge in [-0.1, -0.05) is 18.6 Å². The molecule has 0 saturated heterocycles. The van der Waals surface area contributed by atoms with Gasteiger partial charge in [-0.15, -0.1) is 0 Å². The lowest BCUT2D eigenvalue weighted by Gasteiger charge is -2.19. The fourth-order valence-corrected chi connectivity index (χ4v) is 2.27. The summed E-state index contributed by atoms with van der Waals surface area (Å²) < 4.78 is 11.4. The molecule has 116 valence electrons. The average molecular weight is 280 g/mol. The summed E-state index contributed by atoms with van der Waals surface area (Å²) in [5, 5.41) is 0. The molecule has 0 N–H and O–H groups in total. The summed E-state index contributed by atoms with van der Waals surface area (Å²) in [5.74, 6) is 1.86. The lowest BCUT2D eigenvalue weighted by molar-refractivity contribution is -0.00384. The first-order chi connectivity index (χ1) is 9.37. The van der Waals surface area contributed by atoms with Crippen LogP contribution in [-0.2, 0) is 9.47 Å². The van der Waals surface area contributed by atoms with Crippen molar-refractivity contribution in [2.24, 2.45) is 5.92 Å². The normalized spacial score (nSPS) is 20.6. The third-order valence-corrected chi connectivity index (χ3v) is 3.47. The molecule has 0 aromatic heterocycles. The fraction of sp³-hybridized carbons (Fsp3) is 0.778. The Labute approximate surface area is 125 Å². The number of allylic oxidation sites excluding steroid dienone is 4. The van der Waals surface area contributed by atoms with Crippen molar-refractivity contribution in [3.8, 4) is 0 Å². The van der Waals surface area contributed by atoms with E-state index in [1.54, 1.807) is 0 Å². The van der Waals surface area contributed by atoms with Crippen molar-refractivity contribution in [1.29, 1.82) is 0 Å². The maximum absolute atomic E-state index is 5.73. The highest BCUT2D eigenvalue weighted by Crippen LogP contribution is 2.20. The van der Waals surface area contributed by atoms with Gasteiger partial charge in [0, 0.05) is 13.0 Å². The lowest BCUT2D eigenvalue weighted by Crippen LogP contribution is -2.19. The standard InChI is InChI=1S/C18H32O2/c1-15(9-7-12-20-18(3,4)5)8-6-10-17-14-16(2)11-13-19-17/h8,14,16H,6-7,9-13H2,1-5H3/b15-8+. The van der Waals surface area contributed by atoms with Gasteiger partial charge in [0.15, 0.2) is 0 Å². The first kappa shape index (κ1) is 17.3. The third-order valence-electron chi connectivity index (χ3n) is 3.47. The topological polar surface area (TPSA) is 18.5 Å². The van der Waals surface area contributed by atoms with Crippen molar-refractivity contribution in [3.63, 3.8) is 0 Å². The van der Waals surface area contributed by atoms with E-state index in [2.05, 4.69) is 46.8 Å². The predicted octanol–water partition coefficient (Wildman–Crippen LogP) is 5.25. The van der Waals surface area contributed by atoms with Crippen molar-refractivity contribution >= 4 is 0 Å². The second-order valence-corrected chi connectivity index (χ2v) is 6.90. The highest BCUT2D eigenvalue weighted by Gasteiger charge is 2.10. The molecule has 0 spiro atoms. The molecule has 0 aliphatic carbocycles. The second-order valence-electron chi connectivity index (χ2n) is 6.90. The van der Waals surface area contributed by atoms with E-state index in [9.17, 15) is 0 Å². The first-order valence-corrected chi connectivity index (χ1v) is 8.00.